The van der Waals surface area contributed by atoms with Crippen LogP contribution in [0.15, 0.2) is 0 Å². The van der Waals surface area contributed by atoms with E-state index in [2.05, 4.69) is 13.3 Å². The molecule has 0 aromatic heterocycles. The van der Waals surface area contributed by atoms with Gasteiger partial charge in [0, 0.05) is 0 Å². The van der Waals surface area contributed by atoms with Gasteiger partial charge in [-0.05, 0) is 18.8 Å². The van der Waals surface area contributed by atoms with Gasteiger partial charge in [0.2, 0.25) is 0 Å². The Morgan fingerprint density at radius 2 is 2.25 bits per heavy atom. The summed E-state index contributed by atoms with van der Waals surface area (Å²) in [6.07, 6.45) is 9.54. The third-order valence-corrected chi connectivity index (χ3v) is 1.75. The second-order valence-electron chi connectivity index (χ2n) is 2.73. The molecule has 0 saturated heterocycles. The minimum absolute atomic E-state index is 1.03. The third-order valence-electron chi connectivity index (χ3n) is 1.75. The average Bonchev–Trinajstić information content (AvgIpc) is 2.51. The molecule has 47 valence electrons. The Bertz CT molecular complexity index is 53.1. The van der Waals surface area contributed by atoms with Gasteiger partial charge in [-0.25, -0.2) is 0 Å². The van der Waals surface area contributed by atoms with E-state index >= 15 is 0 Å². The molecule has 0 aromatic carbocycles. The van der Waals surface area contributed by atoms with Crippen LogP contribution in [0.5, 0.6) is 0 Å². The fourth-order valence-electron chi connectivity index (χ4n) is 0.988. The molecule has 1 radical (unpaired) electrons. The highest BCUT2D eigenvalue weighted by Crippen LogP contribution is 2.32. The van der Waals surface area contributed by atoms with Gasteiger partial charge in [-0.15, -0.1) is 0 Å². The maximum absolute atomic E-state index is 2.41. The van der Waals surface area contributed by atoms with Gasteiger partial charge in [0.15, 0.2) is 0 Å². The van der Waals surface area contributed by atoms with Crippen LogP contribution in [0.4, 0.5) is 0 Å². The summed E-state index contributed by atoms with van der Waals surface area (Å²) in [7, 11) is 0. The topological polar surface area (TPSA) is 0 Å². The van der Waals surface area contributed by atoms with Crippen LogP contribution in [0.1, 0.15) is 39.0 Å². The largest absolute Gasteiger partial charge is 0.0654 e. The zero-order valence-corrected chi connectivity index (χ0v) is 5.69. The fraction of sp³-hybridized carbons (Fsp3) is 0.875. The monoisotopic (exact) mass is 111 g/mol. The molecule has 0 heterocycles. The molecule has 1 fully saturated rings. The Balaban J connectivity index is 1.74. The summed E-state index contributed by atoms with van der Waals surface area (Å²) in [5.74, 6) is 1.03. The average molecular weight is 111 g/mol. The van der Waals surface area contributed by atoms with Crippen molar-refractivity contribution >= 4 is 0 Å². The molecule has 1 rings (SSSR count). The van der Waals surface area contributed by atoms with Crippen molar-refractivity contribution in [3.8, 4) is 0 Å². The summed E-state index contributed by atoms with van der Waals surface area (Å²) >= 11 is 0. The summed E-state index contributed by atoms with van der Waals surface area (Å²) < 4.78 is 0. The second-order valence-corrected chi connectivity index (χ2v) is 2.73. The van der Waals surface area contributed by atoms with Crippen LogP contribution in [-0.2, 0) is 0 Å². The molecule has 0 spiro atoms. The highest BCUT2D eigenvalue weighted by Gasteiger charge is 2.20. The van der Waals surface area contributed by atoms with Crippen LogP contribution in [0.25, 0.3) is 0 Å². The van der Waals surface area contributed by atoms with Gasteiger partial charge < -0.3 is 0 Å². The Kier molecular flexibility index (Phi) is 2.38. The lowest BCUT2D eigenvalue weighted by molar-refractivity contribution is 0.631. The van der Waals surface area contributed by atoms with Gasteiger partial charge in [0.25, 0.3) is 0 Å². The molecule has 0 heteroatoms. The van der Waals surface area contributed by atoms with Crippen LogP contribution in [0.3, 0.4) is 0 Å². The summed E-state index contributed by atoms with van der Waals surface area (Å²) in [4.78, 5) is 0. The summed E-state index contributed by atoms with van der Waals surface area (Å²) in [6.45, 7) is 2.26. The van der Waals surface area contributed by atoms with E-state index in [-0.39, 0.29) is 0 Å². The predicted molar refractivity (Wildman–Crippen MR) is 36.5 cm³/mol. The number of unbranched alkanes of at least 4 members (excludes halogenated alkanes) is 2. The van der Waals surface area contributed by atoms with Crippen molar-refractivity contribution in [2.45, 2.75) is 39.0 Å². The molecule has 1 unspecified atom stereocenters. The molecule has 0 aliphatic heterocycles. The van der Waals surface area contributed by atoms with E-state index in [0.29, 0.717) is 0 Å². The van der Waals surface area contributed by atoms with Crippen LogP contribution in [0, 0.1) is 12.3 Å². The molecule has 0 amide bonds. The Hall–Kier alpha value is 0. The molecule has 8 heavy (non-hydrogen) atoms. The maximum Gasteiger partial charge on any atom is -0.0352 e. The van der Waals surface area contributed by atoms with Crippen LogP contribution >= 0.6 is 0 Å². The van der Waals surface area contributed by atoms with Crippen molar-refractivity contribution < 1.29 is 0 Å². The first kappa shape index (κ1) is 6.12. The SMILES string of the molecule is CCCCCC1[CH]C1. The molecule has 0 nitrogen and oxygen atoms in total. The third kappa shape index (κ3) is 2.34. The van der Waals surface area contributed by atoms with E-state index in [4.69, 9.17) is 0 Å². The molecule has 1 saturated carbocycles. The minimum atomic E-state index is 1.03. The van der Waals surface area contributed by atoms with E-state index in [1.165, 1.54) is 32.1 Å². The van der Waals surface area contributed by atoms with E-state index in [9.17, 15) is 0 Å². The van der Waals surface area contributed by atoms with Crippen molar-refractivity contribution in [1.29, 1.82) is 0 Å². The normalized spacial score (nSPS) is 19.1. The number of rotatable bonds is 4. The molecule has 1 aliphatic carbocycles. The quantitative estimate of drug-likeness (QED) is 0.489. The van der Waals surface area contributed by atoms with E-state index in [0.717, 1.165) is 5.92 Å². The van der Waals surface area contributed by atoms with Crippen molar-refractivity contribution in [3.05, 3.63) is 6.42 Å². The molecule has 1 aliphatic rings. The molecule has 1 atom stereocenters. The van der Waals surface area contributed by atoms with Crippen molar-refractivity contribution in [3.63, 3.8) is 0 Å². The van der Waals surface area contributed by atoms with Crippen molar-refractivity contribution in [2.24, 2.45) is 5.92 Å². The lowest BCUT2D eigenvalue weighted by Gasteiger charge is -1.92. The Morgan fingerprint density at radius 1 is 1.50 bits per heavy atom. The van der Waals surface area contributed by atoms with Gasteiger partial charge in [0.1, 0.15) is 0 Å². The molecular formula is C8H15. The van der Waals surface area contributed by atoms with E-state index in [1.807, 2.05) is 0 Å². The summed E-state index contributed by atoms with van der Waals surface area (Å²) in [5, 5.41) is 0. The molecular weight excluding hydrogens is 96.1 g/mol. The van der Waals surface area contributed by atoms with Crippen molar-refractivity contribution in [2.75, 3.05) is 0 Å². The smallest absolute Gasteiger partial charge is 0.0352 e. The van der Waals surface area contributed by atoms with Gasteiger partial charge in [-0.2, -0.15) is 0 Å². The summed E-state index contributed by atoms with van der Waals surface area (Å²) in [6, 6.07) is 0. The van der Waals surface area contributed by atoms with Crippen molar-refractivity contribution in [1.82, 2.24) is 0 Å². The molecule has 0 bridgehead atoms. The zero-order chi connectivity index (χ0) is 5.82. The maximum atomic E-state index is 2.41. The Labute approximate surface area is 52.3 Å². The number of hydrogen-bond acceptors (Lipinski definition) is 0. The van der Waals surface area contributed by atoms with Gasteiger partial charge >= 0.3 is 0 Å². The molecule has 0 N–H and O–H groups in total. The van der Waals surface area contributed by atoms with Gasteiger partial charge in [0.05, 0.1) is 0 Å². The first-order valence-corrected chi connectivity index (χ1v) is 3.77. The Morgan fingerprint density at radius 3 is 2.75 bits per heavy atom. The second kappa shape index (κ2) is 3.11. The lowest BCUT2D eigenvalue weighted by Crippen LogP contribution is -1.76. The van der Waals surface area contributed by atoms with Gasteiger partial charge in [-0.3, -0.25) is 0 Å². The van der Waals surface area contributed by atoms with Crippen LogP contribution in [-0.4, -0.2) is 0 Å². The lowest BCUT2D eigenvalue weighted by atomic mass is 10.1. The number of hydrogen-bond donors (Lipinski definition) is 0. The fourth-order valence-corrected chi connectivity index (χ4v) is 0.988. The molecule has 0 aromatic rings. The van der Waals surface area contributed by atoms with E-state index in [1.54, 1.807) is 0 Å². The predicted octanol–water partition coefficient (Wildman–Crippen LogP) is 2.79. The summed E-state index contributed by atoms with van der Waals surface area (Å²) in [5.41, 5.74) is 0. The standard InChI is InChI=1S/C8H15/c1-2-3-4-5-8-6-7-8/h6,8H,2-5,7H2,1H3. The van der Waals surface area contributed by atoms with Crippen LogP contribution < -0.4 is 0 Å². The zero-order valence-electron chi connectivity index (χ0n) is 5.69. The van der Waals surface area contributed by atoms with Crippen LogP contribution in [0.2, 0.25) is 0 Å². The minimum Gasteiger partial charge on any atom is -0.0654 e. The van der Waals surface area contributed by atoms with E-state index < -0.39 is 0 Å². The highest BCUT2D eigenvalue weighted by molar-refractivity contribution is 4.93. The van der Waals surface area contributed by atoms with Gasteiger partial charge in [-0.1, -0.05) is 32.6 Å². The first-order chi connectivity index (χ1) is 3.93. The first-order valence-electron chi connectivity index (χ1n) is 3.77. The highest BCUT2D eigenvalue weighted by atomic mass is 14.2.